The van der Waals surface area contributed by atoms with E-state index in [1.165, 1.54) is 5.56 Å². The molecule has 0 radical (unpaired) electrons. The number of rotatable bonds is 6. The Hall–Kier alpha value is -2.14. The van der Waals surface area contributed by atoms with Crippen LogP contribution >= 0.6 is 0 Å². The molecule has 2 aliphatic heterocycles. The van der Waals surface area contributed by atoms with E-state index >= 15 is 0 Å². The molecule has 2 heterocycles. The summed E-state index contributed by atoms with van der Waals surface area (Å²) in [5.74, 6) is 0.446. The van der Waals surface area contributed by atoms with Gasteiger partial charge in [-0.1, -0.05) is 38.1 Å². The molecule has 5 nitrogen and oxygen atoms in total. The highest BCUT2D eigenvalue weighted by molar-refractivity contribution is 6.03. The van der Waals surface area contributed by atoms with Crippen molar-refractivity contribution in [2.45, 2.75) is 45.2 Å². The average Bonchev–Trinajstić information content (AvgIpc) is 2.94. The number of carbonyl (C=O) groups is 2. The van der Waals surface area contributed by atoms with Crippen LogP contribution in [-0.4, -0.2) is 37.0 Å². The third-order valence-electron chi connectivity index (χ3n) is 4.82. The van der Waals surface area contributed by atoms with E-state index in [0.29, 0.717) is 5.92 Å². The summed E-state index contributed by atoms with van der Waals surface area (Å²) in [6.07, 6.45) is 6.06. The summed E-state index contributed by atoms with van der Waals surface area (Å²) in [7, 11) is 0. The standard InChI is InChI=1S/C20H27N3O2/c1-14(2)13-16(22-20(25)17-9-11-21-17)7-8-19(24)23-12-10-15-5-3-4-6-18(15)23/h3-8,14,16-17,21H,9-13H2,1-2H3,(H,22,25)/t16-,17+/m1/s1. The third-order valence-corrected chi connectivity index (χ3v) is 4.82. The summed E-state index contributed by atoms with van der Waals surface area (Å²) in [6, 6.07) is 7.83. The number of anilines is 1. The molecule has 0 unspecified atom stereocenters. The number of hydrogen-bond donors (Lipinski definition) is 2. The van der Waals surface area contributed by atoms with E-state index in [9.17, 15) is 9.59 Å². The van der Waals surface area contributed by atoms with E-state index in [1.54, 1.807) is 6.08 Å². The quantitative estimate of drug-likeness (QED) is 0.778. The molecule has 1 aromatic rings. The summed E-state index contributed by atoms with van der Waals surface area (Å²) < 4.78 is 0. The Labute approximate surface area is 149 Å². The van der Waals surface area contributed by atoms with Crippen LogP contribution in [0.1, 0.15) is 32.3 Å². The lowest BCUT2D eigenvalue weighted by Gasteiger charge is -2.28. The van der Waals surface area contributed by atoms with Crippen molar-refractivity contribution in [3.05, 3.63) is 42.0 Å². The smallest absolute Gasteiger partial charge is 0.250 e. The molecule has 134 valence electrons. The number of nitrogens with zero attached hydrogens (tertiary/aromatic N) is 1. The summed E-state index contributed by atoms with van der Waals surface area (Å²) in [5.41, 5.74) is 2.22. The Bertz CT molecular complexity index is 665. The van der Waals surface area contributed by atoms with E-state index in [1.807, 2.05) is 29.2 Å². The minimum atomic E-state index is -0.114. The summed E-state index contributed by atoms with van der Waals surface area (Å²) in [5, 5.41) is 6.17. The van der Waals surface area contributed by atoms with Crippen molar-refractivity contribution in [2.75, 3.05) is 18.0 Å². The minimum Gasteiger partial charge on any atom is -0.349 e. The normalized spacial score (nSPS) is 20.4. The zero-order chi connectivity index (χ0) is 17.8. The van der Waals surface area contributed by atoms with Gasteiger partial charge in [0.15, 0.2) is 0 Å². The summed E-state index contributed by atoms with van der Waals surface area (Å²) in [6.45, 7) is 5.85. The van der Waals surface area contributed by atoms with Gasteiger partial charge < -0.3 is 15.5 Å². The van der Waals surface area contributed by atoms with Crippen LogP contribution in [0.25, 0.3) is 0 Å². The SMILES string of the molecule is CC(C)C[C@@H](C=CC(=O)N1CCc2ccccc21)NC(=O)[C@@H]1CCN1. The van der Waals surface area contributed by atoms with Gasteiger partial charge in [-0.25, -0.2) is 0 Å². The van der Waals surface area contributed by atoms with Gasteiger partial charge in [0, 0.05) is 24.4 Å². The van der Waals surface area contributed by atoms with Gasteiger partial charge in [-0.05, 0) is 43.4 Å². The lowest BCUT2D eigenvalue weighted by Crippen LogP contribution is -2.55. The fraction of sp³-hybridized carbons (Fsp3) is 0.500. The largest absolute Gasteiger partial charge is 0.349 e. The molecule has 2 N–H and O–H groups in total. The lowest BCUT2D eigenvalue weighted by molar-refractivity contribution is -0.125. The van der Waals surface area contributed by atoms with Crippen LogP contribution < -0.4 is 15.5 Å². The Morgan fingerprint density at radius 3 is 2.80 bits per heavy atom. The molecule has 2 amide bonds. The van der Waals surface area contributed by atoms with E-state index in [0.717, 1.165) is 38.0 Å². The maximum atomic E-state index is 12.6. The minimum absolute atomic E-state index is 0.0188. The fourth-order valence-electron chi connectivity index (χ4n) is 3.34. The molecule has 5 heteroatoms. The molecule has 3 rings (SSSR count). The Morgan fingerprint density at radius 2 is 2.12 bits per heavy atom. The monoisotopic (exact) mass is 341 g/mol. The topological polar surface area (TPSA) is 61.4 Å². The Kier molecular flexibility index (Phi) is 5.53. The van der Waals surface area contributed by atoms with Gasteiger partial charge >= 0.3 is 0 Å². The van der Waals surface area contributed by atoms with E-state index in [2.05, 4.69) is 30.5 Å². The molecule has 2 atom stereocenters. The van der Waals surface area contributed by atoms with Gasteiger partial charge in [0.05, 0.1) is 6.04 Å². The van der Waals surface area contributed by atoms with E-state index < -0.39 is 0 Å². The molecule has 0 saturated carbocycles. The molecule has 1 saturated heterocycles. The highest BCUT2D eigenvalue weighted by Crippen LogP contribution is 2.27. The number of carbonyl (C=O) groups excluding carboxylic acids is 2. The first-order valence-electron chi connectivity index (χ1n) is 9.16. The van der Waals surface area contributed by atoms with Crippen molar-refractivity contribution in [2.24, 2.45) is 5.92 Å². The van der Waals surface area contributed by atoms with E-state index in [4.69, 9.17) is 0 Å². The van der Waals surface area contributed by atoms with Crippen LogP contribution in [0.4, 0.5) is 5.69 Å². The molecule has 0 aromatic heterocycles. The second-order valence-electron chi connectivity index (χ2n) is 7.27. The molecule has 0 bridgehead atoms. The van der Waals surface area contributed by atoms with Crippen molar-refractivity contribution in [1.82, 2.24) is 10.6 Å². The molecule has 25 heavy (non-hydrogen) atoms. The zero-order valence-electron chi connectivity index (χ0n) is 15.0. The molecule has 2 aliphatic rings. The lowest BCUT2D eigenvalue weighted by atomic mass is 10.0. The zero-order valence-corrected chi connectivity index (χ0v) is 15.0. The second-order valence-corrected chi connectivity index (χ2v) is 7.27. The third kappa shape index (κ3) is 4.28. The van der Waals surface area contributed by atoms with E-state index in [-0.39, 0.29) is 23.9 Å². The second kappa shape index (κ2) is 7.83. The predicted molar refractivity (Wildman–Crippen MR) is 99.4 cm³/mol. The summed E-state index contributed by atoms with van der Waals surface area (Å²) in [4.78, 5) is 26.6. The highest BCUT2D eigenvalue weighted by atomic mass is 16.2. The average molecular weight is 341 g/mol. The first-order chi connectivity index (χ1) is 12.0. The first-order valence-corrected chi connectivity index (χ1v) is 9.16. The number of amides is 2. The molecular formula is C20H27N3O2. The number of hydrogen-bond acceptors (Lipinski definition) is 3. The van der Waals surface area contributed by atoms with Crippen molar-refractivity contribution in [3.8, 4) is 0 Å². The number of benzene rings is 1. The number of nitrogens with one attached hydrogen (secondary N) is 2. The maximum absolute atomic E-state index is 12.6. The summed E-state index contributed by atoms with van der Waals surface area (Å²) >= 11 is 0. The van der Waals surface area contributed by atoms with Gasteiger partial charge in [0.1, 0.15) is 0 Å². The fourth-order valence-corrected chi connectivity index (χ4v) is 3.34. The van der Waals surface area contributed by atoms with Crippen LogP contribution in [0.2, 0.25) is 0 Å². The van der Waals surface area contributed by atoms with Crippen molar-refractivity contribution in [1.29, 1.82) is 0 Å². The molecule has 0 spiro atoms. The highest BCUT2D eigenvalue weighted by Gasteiger charge is 2.26. The molecular weight excluding hydrogens is 314 g/mol. The molecule has 1 aromatic carbocycles. The van der Waals surface area contributed by atoms with Crippen LogP contribution in [0.3, 0.4) is 0 Å². The maximum Gasteiger partial charge on any atom is 0.250 e. The van der Waals surface area contributed by atoms with Crippen LogP contribution in [0.15, 0.2) is 36.4 Å². The van der Waals surface area contributed by atoms with Crippen molar-refractivity contribution in [3.63, 3.8) is 0 Å². The van der Waals surface area contributed by atoms with Crippen molar-refractivity contribution >= 4 is 17.5 Å². The van der Waals surface area contributed by atoms with Crippen molar-refractivity contribution < 1.29 is 9.59 Å². The van der Waals surface area contributed by atoms with Gasteiger partial charge in [-0.2, -0.15) is 0 Å². The van der Waals surface area contributed by atoms with Crippen LogP contribution in [-0.2, 0) is 16.0 Å². The number of fused-ring (bicyclic) bond motifs is 1. The molecule has 0 aliphatic carbocycles. The van der Waals surface area contributed by atoms with Crippen LogP contribution in [0, 0.1) is 5.92 Å². The predicted octanol–water partition coefficient (Wildman–Crippen LogP) is 2.02. The van der Waals surface area contributed by atoms with Crippen LogP contribution in [0.5, 0.6) is 0 Å². The van der Waals surface area contributed by atoms with Gasteiger partial charge in [0.2, 0.25) is 5.91 Å². The Morgan fingerprint density at radius 1 is 1.36 bits per heavy atom. The van der Waals surface area contributed by atoms with Gasteiger partial charge in [0.25, 0.3) is 5.91 Å². The number of para-hydroxylation sites is 1. The Balaban J connectivity index is 1.64. The first kappa shape index (κ1) is 17.7. The molecule has 1 fully saturated rings. The van der Waals surface area contributed by atoms with Gasteiger partial charge in [-0.3, -0.25) is 9.59 Å². The van der Waals surface area contributed by atoms with Gasteiger partial charge in [-0.15, -0.1) is 0 Å².